The number of aromatic nitrogens is 1. The molecule has 1 amide bonds. The van der Waals surface area contributed by atoms with Crippen molar-refractivity contribution in [2.45, 2.75) is 10.8 Å². The minimum atomic E-state index is -3.71. The van der Waals surface area contributed by atoms with Crippen LogP contribution >= 0.6 is 0 Å². The zero-order valence-corrected chi connectivity index (χ0v) is 15.4. The normalized spacial score (nSPS) is 22.9. The fourth-order valence-corrected chi connectivity index (χ4v) is 5.67. The number of furan rings is 1. The summed E-state index contributed by atoms with van der Waals surface area (Å²) in [5.74, 6) is -0.620. The average molecular weight is 383 g/mol. The van der Waals surface area contributed by atoms with E-state index in [9.17, 15) is 13.2 Å². The van der Waals surface area contributed by atoms with E-state index in [2.05, 4.69) is 4.98 Å². The van der Waals surface area contributed by atoms with Crippen molar-refractivity contribution in [3.63, 3.8) is 0 Å². The van der Waals surface area contributed by atoms with E-state index in [0.29, 0.717) is 5.58 Å². The number of anilines is 1. The molecule has 0 aliphatic carbocycles. The van der Waals surface area contributed by atoms with Gasteiger partial charge in [-0.3, -0.25) is 9.78 Å². The van der Waals surface area contributed by atoms with Crippen LogP contribution in [0.25, 0.3) is 11.0 Å². The summed E-state index contributed by atoms with van der Waals surface area (Å²) in [6, 6.07) is 8.35. The standard InChI is InChI=1S/C19H17N3O4S/c1-21-17-4-6-20-9-14(17)15-10-22(11-16(15)19(21)23)27(24,25)13-2-3-18-12(8-13)5-7-26-18/h2-9,15-16H,10-11H2,1H3. The van der Waals surface area contributed by atoms with E-state index in [1.807, 2.05) is 0 Å². The molecule has 1 saturated heterocycles. The second-order valence-corrected chi connectivity index (χ2v) is 8.92. The van der Waals surface area contributed by atoms with Crippen molar-refractivity contribution in [3.8, 4) is 0 Å². The molecule has 1 fully saturated rings. The zero-order valence-electron chi connectivity index (χ0n) is 14.6. The predicted molar refractivity (Wildman–Crippen MR) is 98.9 cm³/mol. The van der Waals surface area contributed by atoms with E-state index < -0.39 is 10.0 Å². The van der Waals surface area contributed by atoms with E-state index >= 15 is 0 Å². The van der Waals surface area contributed by atoms with Crippen molar-refractivity contribution in [1.29, 1.82) is 0 Å². The molecule has 0 spiro atoms. The lowest BCUT2D eigenvalue weighted by Gasteiger charge is -2.32. The van der Waals surface area contributed by atoms with Gasteiger partial charge in [-0.05, 0) is 35.9 Å². The lowest BCUT2D eigenvalue weighted by atomic mass is 9.84. The number of benzene rings is 1. The van der Waals surface area contributed by atoms with Crippen molar-refractivity contribution in [2.75, 3.05) is 25.0 Å². The molecule has 0 saturated carbocycles. The van der Waals surface area contributed by atoms with Crippen LogP contribution in [-0.2, 0) is 14.8 Å². The number of nitrogens with zero attached hydrogens (tertiary/aromatic N) is 3. The number of rotatable bonds is 2. The van der Waals surface area contributed by atoms with Crippen molar-refractivity contribution in [3.05, 3.63) is 54.6 Å². The molecule has 27 heavy (non-hydrogen) atoms. The van der Waals surface area contributed by atoms with Gasteiger partial charge in [0.1, 0.15) is 5.58 Å². The van der Waals surface area contributed by atoms with E-state index in [1.54, 1.807) is 54.7 Å². The van der Waals surface area contributed by atoms with Crippen LogP contribution in [0.4, 0.5) is 5.69 Å². The van der Waals surface area contributed by atoms with Crippen LogP contribution < -0.4 is 4.90 Å². The summed E-state index contributed by atoms with van der Waals surface area (Å²) in [5, 5.41) is 0.734. The first kappa shape index (κ1) is 16.5. The van der Waals surface area contributed by atoms with Crippen molar-refractivity contribution < 1.29 is 17.6 Å². The van der Waals surface area contributed by atoms with Crippen molar-refractivity contribution >= 4 is 32.6 Å². The molecular formula is C19H17N3O4S. The first-order valence-electron chi connectivity index (χ1n) is 8.66. The number of fused-ring (bicyclic) bond motifs is 4. The van der Waals surface area contributed by atoms with E-state index in [-0.39, 0.29) is 35.7 Å². The van der Waals surface area contributed by atoms with Crippen LogP contribution in [0.1, 0.15) is 11.5 Å². The van der Waals surface area contributed by atoms with E-state index in [1.165, 1.54) is 10.6 Å². The van der Waals surface area contributed by atoms with Crippen LogP contribution in [0.2, 0.25) is 0 Å². The molecule has 3 aromatic rings. The van der Waals surface area contributed by atoms with Crippen LogP contribution in [0.5, 0.6) is 0 Å². The van der Waals surface area contributed by atoms with Gasteiger partial charge in [-0.15, -0.1) is 0 Å². The Morgan fingerprint density at radius 3 is 2.81 bits per heavy atom. The van der Waals surface area contributed by atoms with E-state index in [0.717, 1.165) is 16.6 Å². The summed E-state index contributed by atoms with van der Waals surface area (Å²) >= 11 is 0. The second-order valence-electron chi connectivity index (χ2n) is 6.99. The maximum absolute atomic E-state index is 13.2. The number of amides is 1. The average Bonchev–Trinajstić information content (AvgIpc) is 3.33. The number of carbonyl (C=O) groups excluding carboxylic acids is 1. The van der Waals surface area contributed by atoms with Gasteiger partial charge in [-0.2, -0.15) is 4.31 Å². The Hall–Kier alpha value is -2.71. The summed E-state index contributed by atoms with van der Waals surface area (Å²) in [5.41, 5.74) is 2.36. The minimum Gasteiger partial charge on any atom is -0.464 e. The van der Waals surface area contributed by atoms with Crippen molar-refractivity contribution in [1.82, 2.24) is 9.29 Å². The summed E-state index contributed by atoms with van der Waals surface area (Å²) in [6.07, 6.45) is 4.92. The number of pyridine rings is 1. The lowest BCUT2D eigenvalue weighted by molar-refractivity contribution is -0.122. The van der Waals surface area contributed by atoms with Gasteiger partial charge < -0.3 is 9.32 Å². The number of sulfonamides is 1. The molecule has 5 rings (SSSR count). The third-order valence-corrected chi connectivity index (χ3v) is 7.41. The molecule has 1 aromatic carbocycles. The van der Waals surface area contributed by atoms with Gasteiger partial charge in [0.05, 0.1) is 17.1 Å². The summed E-state index contributed by atoms with van der Waals surface area (Å²) in [4.78, 5) is 18.8. The molecule has 0 N–H and O–H groups in total. The minimum absolute atomic E-state index is 0.0540. The molecule has 4 heterocycles. The molecule has 0 bridgehead atoms. The highest BCUT2D eigenvalue weighted by Gasteiger charge is 2.48. The van der Waals surface area contributed by atoms with Gasteiger partial charge >= 0.3 is 0 Å². The van der Waals surface area contributed by atoms with Crippen molar-refractivity contribution in [2.24, 2.45) is 5.92 Å². The topological polar surface area (TPSA) is 83.7 Å². The van der Waals surface area contributed by atoms with Gasteiger partial charge in [0, 0.05) is 49.5 Å². The highest BCUT2D eigenvalue weighted by molar-refractivity contribution is 7.89. The fraction of sp³-hybridized carbons (Fsp3) is 0.263. The highest BCUT2D eigenvalue weighted by atomic mass is 32.2. The van der Waals surface area contributed by atoms with Crippen LogP contribution in [0.3, 0.4) is 0 Å². The monoisotopic (exact) mass is 383 g/mol. The number of hydrogen-bond acceptors (Lipinski definition) is 5. The summed E-state index contributed by atoms with van der Waals surface area (Å²) < 4.78 is 33.1. The second kappa shape index (κ2) is 5.64. The van der Waals surface area contributed by atoms with Gasteiger partial charge in [0.25, 0.3) is 0 Å². The number of hydrogen-bond donors (Lipinski definition) is 0. The Morgan fingerprint density at radius 1 is 1.15 bits per heavy atom. The third-order valence-electron chi connectivity index (χ3n) is 5.58. The first-order chi connectivity index (χ1) is 13.0. The SMILES string of the molecule is CN1C(=O)C2CN(S(=O)(=O)c3ccc4occc4c3)CC2c2cnccc21. The summed E-state index contributed by atoms with van der Waals surface area (Å²) in [6.45, 7) is 0.447. The Labute approximate surface area is 156 Å². The van der Waals surface area contributed by atoms with Gasteiger partial charge in [0.2, 0.25) is 15.9 Å². The maximum atomic E-state index is 13.2. The largest absolute Gasteiger partial charge is 0.464 e. The molecule has 2 aromatic heterocycles. The van der Waals surface area contributed by atoms with Gasteiger partial charge in [-0.1, -0.05) is 0 Å². The molecule has 7 nitrogen and oxygen atoms in total. The third kappa shape index (κ3) is 2.33. The summed E-state index contributed by atoms with van der Waals surface area (Å²) in [7, 11) is -1.99. The van der Waals surface area contributed by atoms with Crippen LogP contribution in [0, 0.1) is 5.92 Å². The molecule has 2 aliphatic rings. The molecule has 138 valence electrons. The van der Waals surface area contributed by atoms with Crippen LogP contribution in [0.15, 0.2) is 58.3 Å². The molecule has 2 aliphatic heterocycles. The van der Waals surface area contributed by atoms with Gasteiger partial charge in [0.15, 0.2) is 0 Å². The smallest absolute Gasteiger partial charge is 0.243 e. The Morgan fingerprint density at radius 2 is 1.96 bits per heavy atom. The molecule has 8 heteroatoms. The predicted octanol–water partition coefficient (Wildman–Crippen LogP) is 2.21. The fourth-order valence-electron chi connectivity index (χ4n) is 4.14. The molecular weight excluding hydrogens is 366 g/mol. The Kier molecular flexibility index (Phi) is 3.44. The zero-order chi connectivity index (χ0) is 18.8. The Balaban J connectivity index is 1.54. The van der Waals surface area contributed by atoms with Crippen LogP contribution in [-0.4, -0.2) is 43.8 Å². The molecule has 0 radical (unpaired) electrons. The number of carbonyl (C=O) groups is 1. The molecule has 2 atom stereocenters. The van der Waals surface area contributed by atoms with Gasteiger partial charge in [-0.25, -0.2) is 8.42 Å². The highest BCUT2D eigenvalue weighted by Crippen LogP contribution is 2.44. The molecule has 2 unspecified atom stereocenters. The maximum Gasteiger partial charge on any atom is 0.243 e. The Bertz CT molecular complexity index is 1170. The first-order valence-corrected chi connectivity index (χ1v) is 10.1. The van der Waals surface area contributed by atoms with E-state index in [4.69, 9.17) is 4.42 Å². The quantitative estimate of drug-likeness (QED) is 0.677. The lowest BCUT2D eigenvalue weighted by Crippen LogP contribution is -2.41.